The highest BCUT2D eigenvalue weighted by Crippen LogP contribution is 2.31. The van der Waals surface area contributed by atoms with Gasteiger partial charge in [-0.15, -0.1) is 10.2 Å². The van der Waals surface area contributed by atoms with Crippen LogP contribution >= 0.6 is 11.8 Å². The van der Waals surface area contributed by atoms with E-state index in [1.807, 2.05) is 30.3 Å². The quantitative estimate of drug-likeness (QED) is 0.654. The third kappa shape index (κ3) is 4.68. The highest BCUT2D eigenvalue weighted by molar-refractivity contribution is 8.00. The number of hydrogen-bond donors (Lipinski definition) is 1. The first-order valence-electron chi connectivity index (χ1n) is 7.95. The zero-order valence-electron chi connectivity index (χ0n) is 14.1. The van der Waals surface area contributed by atoms with Crippen molar-refractivity contribution in [2.45, 2.75) is 23.5 Å². The number of halogens is 3. The van der Waals surface area contributed by atoms with Crippen LogP contribution in [0.25, 0.3) is 5.69 Å². The van der Waals surface area contributed by atoms with Gasteiger partial charge in [0, 0.05) is 11.4 Å². The van der Waals surface area contributed by atoms with Gasteiger partial charge in [0.2, 0.25) is 5.91 Å². The lowest BCUT2D eigenvalue weighted by molar-refractivity contribution is -0.137. The van der Waals surface area contributed by atoms with E-state index in [4.69, 9.17) is 0 Å². The molecular formula is C18H15F3N4OS. The number of alkyl halides is 3. The number of thioether (sulfide) groups is 1. The van der Waals surface area contributed by atoms with Crippen molar-refractivity contribution in [3.63, 3.8) is 0 Å². The first-order chi connectivity index (χ1) is 12.8. The SMILES string of the molecule is CC(Sc1nncn1-c1ccccc1)C(=O)Nc1cccc(C(F)(F)F)c1. The van der Waals surface area contributed by atoms with Gasteiger partial charge in [-0.3, -0.25) is 9.36 Å². The third-order valence-corrected chi connectivity index (χ3v) is 4.72. The van der Waals surface area contributed by atoms with Crippen molar-refractivity contribution in [2.75, 3.05) is 5.32 Å². The molecule has 2 aromatic carbocycles. The Kier molecular flexibility index (Phi) is 5.50. The molecule has 0 aliphatic heterocycles. The van der Waals surface area contributed by atoms with Gasteiger partial charge in [-0.25, -0.2) is 0 Å². The van der Waals surface area contributed by atoms with E-state index in [0.717, 1.165) is 29.6 Å². The molecule has 27 heavy (non-hydrogen) atoms. The lowest BCUT2D eigenvalue weighted by Gasteiger charge is -2.13. The maximum absolute atomic E-state index is 12.8. The van der Waals surface area contributed by atoms with E-state index >= 15 is 0 Å². The normalized spacial score (nSPS) is 12.6. The van der Waals surface area contributed by atoms with Crippen molar-refractivity contribution in [3.8, 4) is 5.69 Å². The van der Waals surface area contributed by atoms with Crippen molar-refractivity contribution in [2.24, 2.45) is 0 Å². The number of anilines is 1. The third-order valence-electron chi connectivity index (χ3n) is 3.66. The maximum atomic E-state index is 12.8. The van der Waals surface area contributed by atoms with Gasteiger partial charge >= 0.3 is 6.18 Å². The van der Waals surface area contributed by atoms with Gasteiger partial charge in [0.15, 0.2) is 5.16 Å². The number of aromatic nitrogens is 3. The summed E-state index contributed by atoms with van der Waals surface area (Å²) in [5.74, 6) is -0.429. The number of carbonyl (C=O) groups excluding carboxylic acids is 1. The monoisotopic (exact) mass is 392 g/mol. The fourth-order valence-electron chi connectivity index (χ4n) is 2.30. The fraction of sp³-hybridized carbons (Fsp3) is 0.167. The zero-order valence-corrected chi connectivity index (χ0v) is 15.0. The Morgan fingerprint density at radius 3 is 2.59 bits per heavy atom. The standard InChI is InChI=1S/C18H15F3N4OS/c1-12(16(26)23-14-7-5-6-13(10-14)18(19,20)21)27-17-24-22-11-25(17)15-8-3-2-4-9-15/h2-12H,1H3,(H,23,26). The Morgan fingerprint density at radius 2 is 1.89 bits per heavy atom. The van der Waals surface area contributed by atoms with E-state index in [2.05, 4.69) is 15.5 Å². The van der Waals surface area contributed by atoms with Crippen LogP contribution in [0.2, 0.25) is 0 Å². The smallest absolute Gasteiger partial charge is 0.325 e. The summed E-state index contributed by atoms with van der Waals surface area (Å²) in [5, 5.41) is 10.3. The highest BCUT2D eigenvalue weighted by atomic mass is 32.2. The van der Waals surface area contributed by atoms with Crippen LogP contribution < -0.4 is 5.32 Å². The average Bonchev–Trinajstić information content (AvgIpc) is 3.10. The van der Waals surface area contributed by atoms with Gasteiger partial charge < -0.3 is 5.32 Å². The second kappa shape index (κ2) is 7.83. The lowest BCUT2D eigenvalue weighted by Crippen LogP contribution is -2.23. The van der Waals surface area contributed by atoms with Gasteiger partial charge in [-0.2, -0.15) is 13.2 Å². The van der Waals surface area contributed by atoms with Crippen LogP contribution in [-0.2, 0) is 11.0 Å². The molecule has 0 saturated heterocycles. The molecule has 3 aromatic rings. The van der Waals surface area contributed by atoms with Crippen LogP contribution in [-0.4, -0.2) is 25.9 Å². The Balaban J connectivity index is 1.70. The summed E-state index contributed by atoms with van der Waals surface area (Å²) < 4.78 is 40.1. The van der Waals surface area contributed by atoms with Gasteiger partial charge in [-0.1, -0.05) is 36.0 Å². The minimum Gasteiger partial charge on any atom is -0.325 e. The number of para-hydroxylation sites is 1. The van der Waals surface area contributed by atoms with Crippen LogP contribution in [0.4, 0.5) is 18.9 Å². The van der Waals surface area contributed by atoms with Gasteiger partial charge in [-0.05, 0) is 37.3 Å². The zero-order chi connectivity index (χ0) is 19.4. The summed E-state index contributed by atoms with van der Waals surface area (Å²) >= 11 is 1.16. The number of carbonyl (C=O) groups is 1. The average molecular weight is 392 g/mol. The van der Waals surface area contributed by atoms with Crippen LogP contribution in [0.3, 0.4) is 0 Å². The largest absolute Gasteiger partial charge is 0.416 e. The second-order valence-corrected chi connectivity index (χ2v) is 6.95. The molecule has 0 saturated carbocycles. The molecule has 140 valence electrons. The van der Waals surface area contributed by atoms with E-state index in [1.165, 1.54) is 18.5 Å². The summed E-state index contributed by atoms with van der Waals surface area (Å²) in [6, 6.07) is 13.9. The summed E-state index contributed by atoms with van der Waals surface area (Å²) in [6.07, 6.45) is -2.93. The van der Waals surface area contributed by atoms with E-state index in [1.54, 1.807) is 11.5 Å². The molecule has 0 fully saturated rings. The van der Waals surface area contributed by atoms with Crippen molar-refractivity contribution in [1.29, 1.82) is 0 Å². The van der Waals surface area contributed by atoms with E-state index < -0.39 is 22.9 Å². The molecule has 1 N–H and O–H groups in total. The molecule has 3 rings (SSSR count). The summed E-state index contributed by atoms with van der Waals surface area (Å²) in [5.41, 5.74) is 0.117. The highest BCUT2D eigenvalue weighted by Gasteiger charge is 2.30. The Morgan fingerprint density at radius 1 is 1.15 bits per heavy atom. The van der Waals surface area contributed by atoms with Crippen molar-refractivity contribution < 1.29 is 18.0 Å². The number of nitrogens with zero attached hydrogens (tertiary/aromatic N) is 3. The van der Waals surface area contributed by atoms with Crippen molar-refractivity contribution in [3.05, 3.63) is 66.5 Å². The van der Waals surface area contributed by atoms with Gasteiger partial charge in [0.1, 0.15) is 6.33 Å². The topological polar surface area (TPSA) is 59.8 Å². The molecule has 1 heterocycles. The first-order valence-corrected chi connectivity index (χ1v) is 8.83. The van der Waals surface area contributed by atoms with E-state index in [-0.39, 0.29) is 5.69 Å². The van der Waals surface area contributed by atoms with Crippen LogP contribution in [0, 0.1) is 0 Å². The molecular weight excluding hydrogens is 377 g/mol. The Hall–Kier alpha value is -2.81. The van der Waals surface area contributed by atoms with Crippen LogP contribution in [0.1, 0.15) is 12.5 Å². The number of hydrogen-bond acceptors (Lipinski definition) is 4. The number of rotatable bonds is 5. The van der Waals surface area contributed by atoms with Crippen molar-refractivity contribution >= 4 is 23.4 Å². The molecule has 0 bridgehead atoms. The predicted molar refractivity (Wildman–Crippen MR) is 96.8 cm³/mol. The van der Waals surface area contributed by atoms with Crippen LogP contribution in [0.5, 0.6) is 0 Å². The molecule has 1 amide bonds. The Labute approximate surface area is 157 Å². The molecule has 9 heteroatoms. The number of benzene rings is 2. The fourth-order valence-corrected chi connectivity index (χ4v) is 3.14. The molecule has 1 atom stereocenters. The van der Waals surface area contributed by atoms with Crippen LogP contribution in [0.15, 0.2) is 66.1 Å². The minimum absolute atomic E-state index is 0.0896. The summed E-state index contributed by atoms with van der Waals surface area (Å²) in [6.45, 7) is 1.65. The number of amides is 1. The molecule has 0 radical (unpaired) electrons. The summed E-state index contributed by atoms with van der Waals surface area (Å²) in [7, 11) is 0. The summed E-state index contributed by atoms with van der Waals surface area (Å²) in [4.78, 5) is 12.4. The minimum atomic E-state index is -4.47. The molecule has 5 nitrogen and oxygen atoms in total. The van der Waals surface area contributed by atoms with E-state index in [0.29, 0.717) is 5.16 Å². The maximum Gasteiger partial charge on any atom is 0.416 e. The van der Waals surface area contributed by atoms with E-state index in [9.17, 15) is 18.0 Å². The van der Waals surface area contributed by atoms with Gasteiger partial charge in [0.25, 0.3) is 0 Å². The lowest BCUT2D eigenvalue weighted by atomic mass is 10.2. The first kappa shape index (κ1) is 19.0. The van der Waals surface area contributed by atoms with Crippen molar-refractivity contribution in [1.82, 2.24) is 14.8 Å². The molecule has 0 aliphatic carbocycles. The molecule has 1 unspecified atom stereocenters. The molecule has 0 aliphatic rings. The van der Waals surface area contributed by atoms with Gasteiger partial charge in [0.05, 0.1) is 10.8 Å². The molecule has 1 aromatic heterocycles. The second-order valence-electron chi connectivity index (χ2n) is 5.65. The number of nitrogens with one attached hydrogen (secondary N) is 1. The predicted octanol–water partition coefficient (Wildman–Crippen LogP) is 4.41. The molecule has 0 spiro atoms. The Bertz CT molecular complexity index is 928.